The topological polar surface area (TPSA) is 39.1 Å². The smallest absolute Gasteiger partial charge is 0.250 e. The number of nitrogens with zero attached hydrogens (tertiary/aromatic N) is 1. The number of pyridine rings is 1. The van der Waals surface area contributed by atoms with Crippen molar-refractivity contribution in [1.29, 1.82) is 0 Å². The highest BCUT2D eigenvalue weighted by Gasteiger charge is 2.10. The van der Waals surface area contributed by atoms with Gasteiger partial charge in [0.25, 0.3) is 5.56 Å². The van der Waals surface area contributed by atoms with Crippen LogP contribution in [0.25, 0.3) is 0 Å². The second kappa shape index (κ2) is 4.97. The zero-order chi connectivity index (χ0) is 12.3. The van der Waals surface area contributed by atoms with E-state index in [-0.39, 0.29) is 17.9 Å². The molecule has 17 heavy (non-hydrogen) atoms. The molecule has 0 aliphatic rings. The Labute approximate surface area is 103 Å². The number of hydrogen-bond acceptors (Lipinski definition) is 2. The van der Waals surface area contributed by atoms with Gasteiger partial charge in [-0.05, 0) is 18.2 Å². The highest BCUT2D eigenvalue weighted by Crippen LogP contribution is 2.15. The number of Topliss-reactive ketones (excluding diaryl/α,β-unsaturated/α-hetero) is 1. The lowest BCUT2D eigenvalue weighted by atomic mass is 10.1. The van der Waals surface area contributed by atoms with Gasteiger partial charge in [0, 0.05) is 17.8 Å². The van der Waals surface area contributed by atoms with Crippen molar-refractivity contribution in [3.8, 4) is 0 Å². The molecular formula is C13H10ClNO2. The molecule has 2 aromatic rings. The van der Waals surface area contributed by atoms with Crippen molar-refractivity contribution in [2.24, 2.45) is 0 Å². The molecule has 0 aliphatic heterocycles. The first-order valence-corrected chi connectivity index (χ1v) is 5.49. The molecule has 0 aliphatic carbocycles. The van der Waals surface area contributed by atoms with Crippen molar-refractivity contribution in [3.63, 3.8) is 0 Å². The third-order valence-corrected chi connectivity index (χ3v) is 2.72. The lowest BCUT2D eigenvalue weighted by Gasteiger charge is -2.05. The van der Waals surface area contributed by atoms with Gasteiger partial charge in [0.15, 0.2) is 5.78 Å². The van der Waals surface area contributed by atoms with Crippen molar-refractivity contribution >= 4 is 17.4 Å². The van der Waals surface area contributed by atoms with Gasteiger partial charge in [-0.3, -0.25) is 9.59 Å². The van der Waals surface area contributed by atoms with E-state index in [0.717, 1.165) is 0 Å². The van der Waals surface area contributed by atoms with Gasteiger partial charge in [-0.15, -0.1) is 0 Å². The summed E-state index contributed by atoms with van der Waals surface area (Å²) >= 11 is 5.92. The predicted octanol–water partition coefficient (Wildman–Crippen LogP) is 2.38. The summed E-state index contributed by atoms with van der Waals surface area (Å²) < 4.78 is 1.35. The lowest BCUT2D eigenvalue weighted by molar-refractivity contribution is 0.0971. The van der Waals surface area contributed by atoms with Gasteiger partial charge >= 0.3 is 0 Å². The minimum absolute atomic E-state index is 0.00338. The molecule has 0 saturated carbocycles. The molecule has 4 heteroatoms. The van der Waals surface area contributed by atoms with E-state index in [2.05, 4.69) is 0 Å². The van der Waals surface area contributed by atoms with Crippen LogP contribution in [0.15, 0.2) is 53.5 Å². The molecule has 0 bridgehead atoms. The first-order chi connectivity index (χ1) is 8.18. The number of halogens is 1. The average molecular weight is 248 g/mol. The van der Waals surface area contributed by atoms with E-state index in [1.807, 2.05) is 0 Å². The molecule has 0 atom stereocenters. The van der Waals surface area contributed by atoms with E-state index in [9.17, 15) is 9.59 Å². The van der Waals surface area contributed by atoms with Crippen LogP contribution in [0.1, 0.15) is 10.4 Å². The molecule has 0 N–H and O–H groups in total. The van der Waals surface area contributed by atoms with E-state index >= 15 is 0 Å². The quantitative estimate of drug-likeness (QED) is 0.782. The standard InChI is InChI=1S/C13H10ClNO2/c14-11-6-2-1-5-10(11)12(16)9-15-8-4-3-7-13(15)17/h1-8H,9H2. The molecule has 0 spiro atoms. The van der Waals surface area contributed by atoms with Crippen LogP contribution in [0.3, 0.4) is 0 Å². The maximum Gasteiger partial charge on any atom is 0.250 e. The van der Waals surface area contributed by atoms with Crippen LogP contribution in [0, 0.1) is 0 Å². The number of benzene rings is 1. The Kier molecular flexibility index (Phi) is 3.40. The number of hydrogen-bond donors (Lipinski definition) is 0. The van der Waals surface area contributed by atoms with Crippen molar-refractivity contribution in [2.45, 2.75) is 6.54 Å². The highest BCUT2D eigenvalue weighted by atomic mass is 35.5. The number of rotatable bonds is 3. The number of carbonyl (C=O) groups is 1. The van der Waals surface area contributed by atoms with Crippen molar-refractivity contribution < 1.29 is 4.79 Å². The second-order valence-corrected chi connectivity index (χ2v) is 3.98. The molecule has 1 aromatic carbocycles. The Balaban J connectivity index is 2.27. The SMILES string of the molecule is O=C(Cn1ccccc1=O)c1ccccc1Cl. The van der Waals surface area contributed by atoms with Crippen LogP contribution in [0.4, 0.5) is 0 Å². The molecule has 2 rings (SSSR count). The molecular weight excluding hydrogens is 238 g/mol. The minimum Gasteiger partial charge on any atom is -0.308 e. The molecule has 0 amide bonds. The van der Waals surface area contributed by atoms with Crippen LogP contribution < -0.4 is 5.56 Å². The summed E-state index contributed by atoms with van der Waals surface area (Å²) in [5, 5.41) is 0.404. The first kappa shape index (κ1) is 11.6. The molecule has 0 saturated heterocycles. The fraction of sp³-hybridized carbons (Fsp3) is 0.0769. The Hall–Kier alpha value is -1.87. The fourth-order valence-electron chi connectivity index (χ4n) is 1.52. The van der Waals surface area contributed by atoms with E-state index in [1.165, 1.54) is 10.6 Å². The van der Waals surface area contributed by atoms with Gasteiger partial charge in [0.1, 0.15) is 0 Å². The minimum atomic E-state index is -0.201. The van der Waals surface area contributed by atoms with Crippen LogP contribution in [-0.4, -0.2) is 10.4 Å². The summed E-state index contributed by atoms with van der Waals surface area (Å²) in [6.45, 7) is 0.00338. The van der Waals surface area contributed by atoms with Gasteiger partial charge in [-0.1, -0.05) is 29.8 Å². The summed E-state index contributed by atoms with van der Waals surface area (Å²) in [6, 6.07) is 11.6. The molecule has 1 heterocycles. The van der Waals surface area contributed by atoms with E-state index in [0.29, 0.717) is 10.6 Å². The van der Waals surface area contributed by atoms with Crippen molar-refractivity contribution in [1.82, 2.24) is 4.57 Å². The highest BCUT2D eigenvalue weighted by molar-refractivity contribution is 6.33. The summed E-state index contributed by atoms with van der Waals surface area (Å²) in [5.41, 5.74) is 0.234. The number of aromatic nitrogens is 1. The Morgan fingerprint density at radius 1 is 1.12 bits per heavy atom. The van der Waals surface area contributed by atoms with Crippen LogP contribution in [-0.2, 0) is 6.54 Å². The number of ketones is 1. The third-order valence-electron chi connectivity index (χ3n) is 2.39. The second-order valence-electron chi connectivity index (χ2n) is 3.57. The maximum atomic E-state index is 11.9. The van der Waals surface area contributed by atoms with E-state index in [4.69, 9.17) is 11.6 Å². The third kappa shape index (κ3) is 2.63. The van der Waals surface area contributed by atoms with Gasteiger partial charge in [0.05, 0.1) is 11.6 Å². The summed E-state index contributed by atoms with van der Waals surface area (Å²) in [6.07, 6.45) is 1.58. The lowest BCUT2D eigenvalue weighted by Crippen LogP contribution is -2.22. The Morgan fingerprint density at radius 3 is 2.53 bits per heavy atom. The summed E-state index contributed by atoms with van der Waals surface area (Å²) in [4.78, 5) is 23.4. The molecule has 0 radical (unpaired) electrons. The van der Waals surface area contributed by atoms with Crippen LogP contribution in [0.5, 0.6) is 0 Å². The predicted molar refractivity (Wildman–Crippen MR) is 66.5 cm³/mol. The summed E-state index contributed by atoms with van der Waals surface area (Å²) in [7, 11) is 0. The first-order valence-electron chi connectivity index (χ1n) is 5.11. The zero-order valence-corrected chi connectivity index (χ0v) is 9.72. The molecule has 86 valence electrons. The average Bonchev–Trinajstić information content (AvgIpc) is 2.32. The largest absolute Gasteiger partial charge is 0.308 e. The van der Waals surface area contributed by atoms with E-state index in [1.54, 1.807) is 42.6 Å². The zero-order valence-electron chi connectivity index (χ0n) is 8.97. The molecule has 0 fully saturated rings. The van der Waals surface area contributed by atoms with Gasteiger partial charge in [0.2, 0.25) is 0 Å². The Morgan fingerprint density at radius 2 is 1.82 bits per heavy atom. The maximum absolute atomic E-state index is 11.9. The van der Waals surface area contributed by atoms with Crippen LogP contribution in [0.2, 0.25) is 5.02 Å². The molecule has 3 nitrogen and oxygen atoms in total. The number of carbonyl (C=O) groups excluding carboxylic acids is 1. The Bertz CT molecular complexity index is 604. The van der Waals surface area contributed by atoms with Crippen molar-refractivity contribution in [3.05, 3.63) is 69.6 Å². The molecule has 1 aromatic heterocycles. The normalized spacial score (nSPS) is 10.2. The molecule has 0 unspecified atom stereocenters. The van der Waals surface area contributed by atoms with Gasteiger partial charge in [-0.25, -0.2) is 0 Å². The van der Waals surface area contributed by atoms with Crippen LogP contribution >= 0.6 is 11.6 Å². The fourth-order valence-corrected chi connectivity index (χ4v) is 1.76. The van der Waals surface area contributed by atoms with Crippen molar-refractivity contribution in [2.75, 3.05) is 0 Å². The van der Waals surface area contributed by atoms with E-state index < -0.39 is 0 Å². The monoisotopic (exact) mass is 247 g/mol. The summed E-state index contributed by atoms with van der Waals surface area (Å²) in [5.74, 6) is -0.177. The van der Waals surface area contributed by atoms with Gasteiger partial charge in [-0.2, -0.15) is 0 Å². The van der Waals surface area contributed by atoms with Gasteiger partial charge < -0.3 is 4.57 Å².